The maximum absolute atomic E-state index is 12.1. The second-order valence-corrected chi connectivity index (χ2v) is 5.62. The molecule has 3 aromatic carbocycles. The van der Waals surface area contributed by atoms with Crippen molar-refractivity contribution in [1.29, 1.82) is 0 Å². The van der Waals surface area contributed by atoms with Gasteiger partial charge in [-0.1, -0.05) is 30.3 Å². The molecule has 136 valence electrons. The van der Waals surface area contributed by atoms with Crippen LogP contribution in [-0.4, -0.2) is 17.4 Å². The first-order valence-electron chi connectivity index (χ1n) is 8.22. The summed E-state index contributed by atoms with van der Waals surface area (Å²) in [6.07, 6.45) is 0. The Kier molecular flexibility index (Phi) is 5.64. The fourth-order valence-electron chi connectivity index (χ4n) is 2.36. The molecule has 1 amide bonds. The summed E-state index contributed by atoms with van der Waals surface area (Å²) in [5.41, 5.74) is 1.14. The van der Waals surface area contributed by atoms with Gasteiger partial charge in [-0.05, 0) is 36.4 Å². The van der Waals surface area contributed by atoms with E-state index in [1.165, 1.54) is 24.3 Å². The Bertz CT molecular complexity index is 927. The van der Waals surface area contributed by atoms with E-state index in [2.05, 4.69) is 10.6 Å². The van der Waals surface area contributed by atoms with Gasteiger partial charge in [0.05, 0.1) is 17.2 Å². The normalized spacial score (nSPS) is 10.1. The van der Waals surface area contributed by atoms with Crippen LogP contribution in [0.15, 0.2) is 78.9 Å². The molecular formula is C20H17N3O4. The van der Waals surface area contributed by atoms with Crippen LogP contribution < -0.4 is 15.4 Å². The predicted octanol–water partition coefficient (Wildman–Crippen LogP) is 4.44. The van der Waals surface area contributed by atoms with Crippen LogP contribution in [0.3, 0.4) is 0 Å². The molecule has 0 bridgehead atoms. The summed E-state index contributed by atoms with van der Waals surface area (Å²) in [5.74, 6) is 1.02. The molecule has 0 heterocycles. The second kappa shape index (κ2) is 8.48. The average molecular weight is 363 g/mol. The van der Waals surface area contributed by atoms with Gasteiger partial charge in [-0.15, -0.1) is 0 Å². The molecule has 0 aliphatic carbocycles. The van der Waals surface area contributed by atoms with E-state index in [0.29, 0.717) is 22.9 Å². The topological polar surface area (TPSA) is 93.5 Å². The summed E-state index contributed by atoms with van der Waals surface area (Å²) in [4.78, 5) is 22.3. The minimum Gasteiger partial charge on any atom is -0.455 e. The van der Waals surface area contributed by atoms with Crippen molar-refractivity contribution in [2.45, 2.75) is 0 Å². The monoisotopic (exact) mass is 363 g/mol. The summed E-state index contributed by atoms with van der Waals surface area (Å²) in [6, 6.07) is 22.3. The minimum absolute atomic E-state index is 0.0200. The molecule has 0 unspecified atom stereocenters. The first kappa shape index (κ1) is 17.9. The number of carbonyl (C=O) groups is 1. The number of hydrogen-bond donors (Lipinski definition) is 2. The highest BCUT2D eigenvalue weighted by molar-refractivity contribution is 5.94. The number of amides is 1. The van der Waals surface area contributed by atoms with Gasteiger partial charge in [-0.3, -0.25) is 14.9 Å². The molecule has 0 aliphatic rings. The summed E-state index contributed by atoms with van der Waals surface area (Å²) >= 11 is 0. The highest BCUT2D eigenvalue weighted by atomic mass is 16.6. The van der Waals surface area contributed by atoms with Crippen molar-refractivity contribution >= 4 is 23.0 Å². The van der Waals surface area contributed by atoms with Crippen LogP contribution in [0.4, 0.5) is 17.1 Å². The Labute approximate surface area is 155 Å². The molecule has 0 aromatic heterocycles. The van der Waals surface area contributed by atoms with Crippen molar-refractivity contribution < 1.29 is 14.5 Å². The first-order chi connectivity index (χ1) is 13.1. The standard InChI is InChI=1S/C20H17N3O4/c24-20(22-15-10-12-16(13-11-15)23(25)26)14-21-18-8-4-5-9-19(18)27-17-6-2-1-3-7-17/h1-13,21H,14H2,(H,22,24). The SMILES string of the molecule is O=C(CNc1ccccc1Oc1ccccc1)Nc1ccc([N+](=O)[O-])cc1. The van der Waals surface area contributed by atoms with Gasteiger partial charge < -0.3 is 15.4 Å². The minimum atomic E-state index is -0.489. The maximum Gasteiger partial charge on any atom is 0.269 e. The Balaban J connectivity index is 1.59. The van der Waals surface area contributed by atoms with Crippen LogP contribution in [-0.2, 0) is 4.79 Å². The molecule has 3 rings (SSSR count). The number of carbonyl (C=O) groups excluding carboxylic acids is 1. The van der Waals surface area contributed by atoms with Crippen LogP contribution in [0.5, 0.6) is 11.5 Å². The van der Waals surface area contributed by atoms with Crippen molar-refractivity contribution in [2.75, 3.05) is 17.2 Å². The number of anilines is 2. The van der Waals surface area contributed by atoms with E-state index < -0.39 is 4.92 Å². The van der Waals surface area contributed by atoms with E-state index in [-0.39, 0.29) is 18.1 Å². The third kappa shape index (κ3) is 5.05. The summed E-state index contributed by atoms with van der Waals surface area (Å²) in [7, 11) is 0. The average Bonchev–Trinajstić information content (AvgIpc) is 2.68. The van der Waals surface area contributed by atoms with E-state index >= 15 is 0 Å². The van der Waals surface area contributed by atoms with Gasteiger partial charge in [-0.2, -0.15) is 0 Å². The Hall–Kier alpha value is -3.87. The lowest BCUT2D eigenvalue weighted by atomic mass is 10.2. The number of nitro groups is 1. The number of nitrogens with one attached hydrogen (secondary N) is 2. The second-order valence-electron chi connectivity index (χ2n) is 5.62. The number of nitrogens with zero attached hydrogens (tertiary/aromatic N) is 1. The number of rotatable bonds is 7. The lowest BCUT2D eigenvalue weighted by Crippen LogP contribution is -2.21. The van der Waals surface area contributed by atoms with Crippen LogP contribution in [0.1, 0.15) is 0 Å². The first-order valence-corrected chi connectivity index (χ1v) is 8.22. The molecule has 0 atom stereocenters. The smallest absolute Gasteiger partial charge is 0.269 e. The number of nitro benzene ring substituents is 1. The molecule has 0 spiro atoms. The van der Waals surface area contributed by atoms with Gasteiger partial charge in [0, 0.05) is 17.8 Å². The number of para-hydroxylation sites is 3. The molecular weight excluding hydrogens is 346 g/mol. The predicted molar refractivity (Wildman–Crippen MR) is 103 cm³/mol. The van der Waals surface area contributed by atoms with Gasteiger partial charge in [0.1, 0.15) is 5.75 Å². The zero-order valence-electron chi connectivity index (χ0n) is 14.3. The maximum atomic E-state index is 12.1. The van der Waals surface area contributed by atoms with Gasteiger partial charge >= 0.3 is 0 Å². The number of non-ortho nitro benzene ring substituents is 1. The van der Waals surface area contributed by atoms with Crippen LogP contribution >= 0.6 is 0 Å². The molecule has 7 heteroatoms. The van der Waals surface area contributed by atoms with Gasteiger partial charge in [0.25, 0.3) is 5.69 Å². The molecule has 0 radical (unpaired) electrons. The Morgan fingerprint density at radius 3 is 2.30 bits per heavy atom. The van der Waals surface area contributed by atoms with Crippen LogP contribution in [0.2, 0.25) is 0 Å². The molecule has 0 aliphatic heterocycles. The quantitative estimate of drug-likeness (QED) is 0.478. The summed E-state index contributed by atoms with van der Waals surface area (Å²) in [5, 5.41) is 16.4. The fourth-order valence-corrected chi connectivity index (χ4v) is 2.36. The molecule has 0 saturated carbocycles. The third-order valence-corrected chi connectivity index (χ3v) is 3.66. The van der Waals surface area contributed by atoms with Gasteiger partial charge in [0.15, 0.2) is 5.75 Å². The van der Waals surface area contributed by atoms with Crippen molar-refractivity contribution in [3.63, 3.8) is 0 Å². The zero-order chi connectivity index (χ0) is 19.1. The lowest BCUT2D eigenvalue weighted by Gasteiger charge is -2.13. The third-order valence-electron chi connectivity index (χ3n) is 3.66. The molecule has 3 aromatic rings. The van der Waals surface area contributed by atoms with Crippen molar-refractivity contribution in [1.82, 2.24) is 0 Å². The van der Waals surface area contributed by atoms with Crippen molar-refractivity contribution in [2.24, 2.45) is 0 Å². The fraction of sp³-hybridized carbons (Fsp3) is 0.0500. The van der Waals surface area contributed by atoms with E-state index in [4.69, 9.17) is 4.74 Å². The number of benzene rings is 3. The van der Waals surface area contributed by atoms with E-state index in [1.54, 1.807) is 0 Å². The highest BCUT2D eigenvalue weighted by Gasteiger charge is 2.08. The lowest BCUT2D eigenvalue weighted by molar-refractivity contribution is -0.384. The zero-order valence-corrected chi connectivity index (χ0v) is 14.3. The largest absolute Gasteiger partial charge is 0.455 e. The summed E-state index contributed by atoms with van der Waals surface area (Å²) < 4.78 is 5.84. The molecule has 0 fully saturated rings. The summed E-state index contributed by atoms with van der Waals surface area (Å²) in [6.45, 7) is 0.0200. The van der Waals surface area contributed by atoms with Crippen molar-refractivity contribution in [3.8, 4) is 11.5 Å². The van der Waals surface area contributed by atoms with Crippen LogP contribution in [0.25, 0.3) is 0 Å². The molecule has 0 saturated heterocycles. The molecule has 7 nitrogen and oxygen atoms in total. The van der Waals surface area contributed by atoms with Crippen molar-refractivity contribution in [3.05, 3.63) is 89.0 Å². The Morgan fingerprint density at radius 1 is 0.926 bits per heavy atom. The highest BCUT2D eigenvalue weighted by Crippen LogP contribution is 2.28. The number of hydrogen-bond acceptors (Lipinski definition) is 5. The number of ether oxygens (including phenoxy) is 1. The molecule has 2 N–H and O–H groups in total. The van der Waals surface area contributed by atoms with Crippen LogP contribution in [0, 0.1) is 10.1 Å². The van der Waals surface area contributed by atoms with Gasteiger partial charge in [0.2, 0.25) is 5.91 Å². The van der Waals surface area contributed by atoms with E-state index in [1.807, 2.05) is 54.6 Å². The Morgan fingerprint density at radius 2 is 1.59 bits per heavy atom. The molecule has 27 heavy (non-hydrogen) atoms. The van der Waals surface area contributed by atoms with E-state index in [9.17, 15) is 14.9 Å². The van der Waals surface area contributed by atoms with Gasteiger partial charge in [-0.25, -0.2) is 0 Å². The van der Waals surface area contributed by atoms with E-state index in [0.717, 1.165) is 0 Å².